The van der Waals surface area contributed by atoms with Crippen LogP contribution in [0.15, 0.2) is 35.2 Å². The number of aliphatic hydroxyl groups is 2. The van der Waals surface area contributed by atoms with Crippen molar-refractivity contribution in [2.45, 2.75) is 17.1 Å². The molecule has 1 aromatic rings. The highest BCUT2D eigenvalue weighted by Crippen LogP contribution is 2.05. The SMILES string of the molecule is O=C(O)C(O)C(O)C(=O)O.O=S(=O)(O)c1ccccc1. The molecule has 2 unspecified atom stereocenters. The van der Waals surface area contributed by atoms with Gasteiger partial charge >= 0.3 is 11.9 Å². The standard InChI is InChI=1S/C6H6O3S.C4H6O6/c7-10(8,9)6-4-2-1-3-5-6;5-1(3(7)8)2(6)4(9)10/h1-5H,(H,7,8,9);1-2,5-6H,(H,7,8)(H,9,10). The van der Waals surface area contributed by atoms with E-state index >= 15 is 0 Å². The lowest BCUT2D eigenvalue weighted by Crippen LogP contribution is -2.39. The predicted molar refractivity (Wildman–Crippen MR) is 63.5 cm³/mol. The zero-order chi connectivity index (χ0) is 15.9. The Morgan fingerprint density at radius 2 is 1.25 bits per heavy atom. The second-order valence-corrected chi connectivity index (χ2v) is 4.78. The number of carbonyl (C=O) groups is 2. The Morgan fingerprint density at radius 3 is 1.45 bits per heavy atom. The molecule has 0 fully saturated rings. The van der Waals surface area contributed by atoms with Gasteiger partial charge in [0.25, 0.3) is 10.1 Å². The Bertz CT molecular complexity index is 533. The topological polar surface area (TPSA) is 169 Å². The lowest BCUT2D eigenvalue weighted by Gasteiger charge is -2.07. The minimum Gasteiger partial charge on any atom is -0.479 e. The fraction of sp³-hybridized carbons (Fsp3) is 0.200. The van der Waals surface area contributed by atoms with E-state index in [9.17, 15) is 18.0 Å². The quantitative estimate of drug-likeness (QED) is 0.429. The third-order valence-electron chi connectivity index (χ3n) is 1.85. The lowest BCUT2D eigenvalue weighted by molar-refractivity contribution is -0.165. The molecule has 0 saturated carbocycles. The van der Waals surface area contributed by atoms with E-state index in [1.54, 1.807) is 18.2 Å². The number of aliphatic hydroxyl groups excluding tert-OH is 2. The van der Waals surface area contributed by atoms with Gasteiger partial charge in [-0.05, 0) is 12.1 Å². The Morgan fingerprint density at radius 1 is 0.900 bits per heavy atom. The van der Waals surface area contributed by atoms with Gasteiger partial charge in [0.1, 0.15) is 0 Å². The molecule has 0 aliphatic carbocycles. The Kier molecular flexibility index (Phi) is 6.79. The van der Waals surface area contributed by atoms with Crippen molar-refractivity contribution in [2.75, 3.05) is 0 Å². The van der Waals surface area contributed by atoms with Crippen molar-refractivity contribution in [1.29, 1.82) is 0 Å². The van der Waals surface area contributed by atoms with Crippen LogP contribution in [-0.4, -0.2) is 57.5 Å². The summed E-state index contributed by atoms with van der Waals surface area (Å²) in [6, 6.07) is 7.42. The van der Waals surface area contributed by atoms with E-state index < -0.39 is 34.3 Å². The van der Waals surface area contributed by atoms with Crippen LogP contribution in [0, 0.1) is 0 Å². The Balaban J connectivity index is 0.000000361. The molecule has 0 saturated heterocycles. The van der Waals surface area contributed by atoms with Crippen LogP contribution in [0.4, 0.5) is 0 Å². The first-order chi connectivity index (χ1) is 9.07. The fourth-order valence-corrected chi connectivity index (χ4v) is 1.36. The van der Waals surface area contributed by atoms with Crippen LogP contribution in [0.5, 0.6) is 0 Å². The molecule has 1 aromatic carbocycles. The molecule has 2 atom stereocenters. The molecule has 10 heteroatoms. The van der Waals surface area contributed by atoms with Gasteiger partial charge in [0.05, 0.1) is 4.90 Å². The maximum Gasteiger partial charge on any atom is 0.335 e. The Hall–Kier alpha value is -2.01. The van der Waals surface area contributed by atoms with Crippen LogP contribution in [-0.2, 0) is 19.7 Å². The van der Waals surface area contributed by atoms with E-state index in [1.807, 2.05) is 0 Å². The smallest absolute Gasteiger partial charge is 0.335 e. The molecule has 0 aliphatic rings. The molecule has 0 spiro atoms. The molecule has 1 rings (SSSR count). The minimum absolute atomic E-state index is 0.0741. The summed E-state index contributed by atoms with van der Waals surface area (Å²) in [4.78, 5) is 19.5. The second-order valence-electron chi connectivity index (χ2n) is 3.35. The lowest BCUT2D eigenvalue weighted by atomic mass is 10.2. The maximum absolute atomic E-state index is 10.4. The fourth-order valence-electron chi connectivity index (χ4n) is 0.863. The number of benzene rings is 1. The third-order valence-corrected chi connectivity index (χ3v) is 2.71. The van der Waals surface area contributed by atoms with E-state index in [0.717, 1.165) is 0 Å². The number of hydrogen-bond acceptors (Lipinski definition) is 6. The van der Waals surface area contributed by atoms with Crippen molar-refractivity contribution in [3.05, 3.63) is 30.3 Å². The molecule has 20 heavy (non-hydrogen) atoms. The number of rotatable bonds is 4. The molecular formula is C10H12O9S. The monoisotopic (exact) mass is 308 g/mol. The summed E-state index contributed by atoms with van der Waals surface area (Å²) >= 11 is 0. The first-order valence-corrected chi connectivity index (χ1v) is 6.35. The van der Waals surface area contributed by atoms with Gasteiger partial charge in [-0.3, -0.25) is 4.55 Å². The van der Waals surface area contributed by atoms with Crippen molar-refractivity contribution >= 4 is 22.1 Å². The highest BCUT2D eigenvalue weighted by molar-refractivity contribution is 7.85. The minimum atomic E-state index is -4.00. The van der Waals surface area contributed by atoms with Gasteiger partial charge in [0.2, 0.25) is 0 Å². The number of hydrogen-bond donors (Lipinski definition) is 5. The van der Waals surface area contributed by atoms with E-state index in [1.165, 1.54) is 12.1 Å². The average Bonchev–Trinajstić information content (AvgIpc) is 2.37. The molecule has 0 aliphatic heterocycles. The van der Waals surface area contributed by atoms with E-state index in [0.29, 0.717) is 0 Å². The van der Waals surface area contributed by atoms with Crippen LogP contribution in [0.1, 0.15) is 0 Å². The van der Waals surface area contributed by atoms with Crippen molar-refractivity contribution < 1.29 is 43.0 Å². The van der Waals surface area contributed by atoms with Gasteiger partial charge in [-0.15, -0.1) is 0 Å². The van der Waals surface area contributed by atoms with Crippen molar-refractivity contribution in [1.82, 2.24) is 0 Å². The highest BCUT2D eigenvalue weighted by Gasteiger charge is 2.29. The first-order valence-electron chi connectivity index (χ1n) is 4.91. The molecule has 112 valence electrons. The van der Waals surface area contributed by atoms with Crippen molar-refractivity contribution in [3.63, 3.8) is 0 Å². The van der Waals surface area contributed by atoms with Gasteiger partial charge in [0.15, 0.2) is 12.2 Å². The second kappa shape index (κ2) is 7.55. The van der Waals surface area contributed by atoms with E-state index in [-0.39, 0.29) is 4.90 Å². The van der Waals surface area contributed by atoms with Gasteiger partial charge < -0.3 is 20.4 Å². The zero-order valence-corrected chi connectivity index (χ0v) is 10.6. The van der Waals surface area contributed by atoms with Gasteiger partial charge in [-0.1, -0.05) is 18.2 Å². The summed E-state index contributed by atoms with van der Waals surface area (Å²) < 4.78 is 29.2. The summed E-state index contributed by atoms with van der Waals surface area (Å²) in [6.45, 7) is 0. The van der Waals surface area contributed by atoms with Gasteiger partial charge in [-0.2, -0.15) is 8.42 Å². The molecule has 0 amide bonds. The van der Waals surface area contributed by atoms with E-state index in [2.05, 4.69) is 0 Å². The van der Waals surface area contributed by atoms with Crippen LogP contribution >= 0.6 is 0 Å². The van der Waals surface area contributed by atoms with Gasteiger partial charge in [-0.25, -0.2) is 9.59 Å². The van der Waals surface area contributed by atoms with Crippen LogP contribution in [0.3, 0.4) is 0 Å². The highest BCUT2D eigenvalue weighted by atomic mass is 32.2. The number of carboxylic acid groups (broad SMARTS) is 2. The summed E-state index contributed by atoms with van der Waals surface area (Å²) in [7, 11) is -4.00. The van der Waals surface area contributed by atoms with Crippen LogP contribution < -0.4 is 0 Å². The van der Waals surface area contributed by atoms with Crippen molar-refractivity contribution in [3.8, 4) is 0 Å². The summed E-state index contributed by atoms with van der Waals surface area (Å²) in [5.74, 6) is -3.54. The van der Waals surface area contributed by atoms with E-state index in [4.69, 9.17) is 25.0 Å². The normalized spacial score (nSPS) is 13.6. The summed E-state index contributed by atoms with van der Waals surface area (Å²) in [6.07, 6.45) is -4.53. The van der Waals surface area contributed by atoms with Gasteiger partial charge in [0, 0.05) is 0 Å². The summed E-state index contributed by atoms with van der Waals surface area (Å²) in [5.41, 5.74) is 0. The van der Waals surface area contributed by atoms with Crippen LogP contribution in [0.2, 0.25) is 0 Å². The van der Waals surface area contributed by atoms with Crippen LogP contribution in [0.25, 0.3) is 0 Å². The molecule has 9 nitrogen and oxygen atoms in total. The largest absolute Gasteiger partial charge is 0.479 e. The number of aliphatic carboxylic acids is 2. The first kappa shape index (κ1) is 18.0. The molecule has 5 N–H and O–H groups in total. The Labute approximate surface area is 113 Å². The van der Waals surface area contributed by atoms with Crippen molar-refractivity contribution in [2.24, 2.45) is 0 Å². The average molecular weight is 308 g/mol. The molecule has 0 bridgehead atoms. The molecule has 0 radical (unpaired) electrons. The number of carboxylic acids is 2. The molecule has 0 heterocycles. The molecular weight excluding hydrogens is 296 g/mol. The molecule has 0 aromatic heterocycles. The summed E-state index contributed by atoms with van der Waals surface area (Å²) in [5, 5.41) is 32.5. The third kappa shape index (κ3) is 6.24. The predicted octanol–water partition coefficient (Wildman–Crippen LogP) is -1.19. The zero-order valence-electron chi connectivity index (χ0n) is 9.82. The maximum atomic E-state index is 10.4.